The molecule has 0 aliphatic carbocycles. The third-order valence-electron chi connectivity index (χ3n) is 4.39. The van der Waals surface area contributed by atoms with Gasteiger partial charge >= 0.3 is 12.2 Å². The first-order valence-electron chi connectivity index (χ1n) is 9.13. The standard InChI is InChI=1S/C20H30N2O5/c1-19(2,3)27-17(23)21-16-12-22(11-15(16)20(4,5)25)18(24)26-13-14-9-7-6-8-10-14/h6-10,15-16,25H,11-13H2,1-5H3,(H,21,23)/t15?,16-/m1/s1. The number of ether oxygens (including phenoxy) is 2. The fourth-order valence-corrected chi connectivity index (χ4v) is 3.08. The second-order valence-electron chi connectivity index (χ2n) is 8.46. The van der Waals surface area contributed by atoms with Gasteiger partial charge in [0.25, 0.3) is 0 Å². The molecule has 1 aromatic carbocycles. The smallest absolute Gasteiger partial charge is 0.410 e. The van der Waals surface area contributed by atoms with Gasteiger partial charge in [-0.2, -0.15) is 0 Å². The third kappa shape index (κ3) is 6.43. The zero-order valence-electron chi connectivity index (χ0n) is 16.7. The highest BCUT2D eigenvalue weighted by Crippen LogP contribution is 2.28. The van der Waals surface area contributed by atoms with E-state index in [1.54, 1.807) is 34.6 Å². The molecule has 2 rings (SSSR count). The molecule has 1 aliphatic heterocycles. The van der Waals surface area contributed by atoms with Gasteiger partial charge in [-0.3, -0.25) is 0 Å². The van der Waals surface area contributed by atoms with Gasteiger partial charge < -0.3 is 24.8 Å². The normalized spacial score (nSPS) is 20.3. The minimum atomic E-state index is -1.08. The zero-order chi connectivity index (χ0) is 20.2. The minimum Gasteiger partial charge on any atom is -0.445 e. The molecule has 2 amide bonds. The summed E-state index contributed by atoms with van der Waals surface area (Å²) in [6, 6.07) is 8.98. The van der Waals surface area contributed by atoms with E-state index in [4.69, 9.17) is 9.47 Å². The van der Waals surface area contributed by atoms with Crippen molar-refractivity contribution in [2.24, 2.45) is 5.92 Å². The van der Waals surface area contributed by atoms with E-state index in [-0.39, 0.29) is 25.6 Å². The lowest BCUT2D eigenvalue weighted by Crippen LogP contribution is -2.49. The highest BCUT2D eigenvalue weighted by Gasteiger charge is 2.44. The molecular weight excluding hydrogens is 348 g/mol. The van der Waals surface area contributed by atoms with Crippen molar-refractivity contribution in [1.82, 2.24) is 10.2 Å². The van der Waals surface area contributed by atoms with Crippen LogP contribution in [0.4, 0.5) is 9.59 Å². The van der Waals surface area contributed by atoms with E-state index < -0.39 is 29.4 Å². The Morgan fingerprint density at radius 1 is 1.15 bits per heavy atom. The van der Waals surface area contributed by atoms with Crippen molar-refractivity contribution in [3.8, 4) is 0 Å². The van der Waals surface area contributed by atoms with E-state index in [1.807, 2.05) is 30.3 Å². The number of nitrogens with one attached hydrogen (secondary N) is 1. The maximum atomic E-state index is 12.4. The zero-order valence-corrected chi connectivity index (χ0v) is 16.7. The first kappa shape index (κ1) is 21.0. The molecule has 150 valence electrons. The second kappa shape index (κ2) is 8.17. The SMILES string of the molecule is CC(C)(C)OC(=O)N[C@@H]1CN(C(=O)OCc2ccccc2)CC1C(C)(C)O. The van der Waals surface area contributed by atoms with Crippen molar-refractivity contribution < 1.29 is 24.2 Å². The van der Waals surface area contributed by atoms with Gasteiger partial charge in [-0.15, -0.1) is 0 Å². The van der Waals surface area contributed by atoms with Gasteiger partial charge in [0.2, 0.25) is 0 Å². The highest BCUT2D eigenvalue weighted by atomic mass is 16.6. The number of nitrogens with zero attached hydrogens (tertiary/aromatic N) is 1. The molecule has 1 fully saturated rings. The Labute approximate surface area is 160 Å². The maximum Gasteiger partial charge on any atom is 0.410 e. The molecule has 1 aliphatic rings. The maximum absolute atomic E-state index is 12.4. The summed E-state index contributed by atoms with van der Waals surface area (Å²) in [5.41, 5.74) is -0.803. The molecule has 0 bridgehead atoms. The largest absolute Gasteiger partial charge is 0.445 e. The molecule has 0 saturated carbocycles. The Morgan fingerprint density at radius 2 is 1.78 bits per heavy atom. The van der Waals surface area contributed by atoms with E-state index in [0.717, 1.165) is 5.56 Å². The number of alkyl carbamates (subject to hydrolysis) is 1. The lowest BCUT2D eigenvalue weighted by atomic mass is 9.87. The highest BCUT2D eigenvalue weighted by molar-refractivity contribution is 5.70. The second-order valence-corrected chi connectivity index (χ2v) is 8.46. The van der Waals surface area contributed by atoms with Crippen LogP contribution in [0.25, 0.3) is 0 Å². The Morgan fingerprint density at radius 3 is 2.33 bits per heavy atom. The number of hydrogen-bond donors (Lipinski definition) is 2. The molecule has 27 heavy (non-hydrogen) atoms. The van der Waals surface area contributed by atoms with Crippen molar-refractivity contribution in [3.05, 3.63) is 35.9 Å². The number of hydrogen-bond acceptors (Lipinski definition) is 5. The molecule has 2 atom stereocenters. The predicted molar refractivity (Wildman–Crippen MR) is 101 cm³/mol. The molecule has 1 heterocycles. The average molecular weight is 378 g/mol. The van der Waals surface area contributed by atoms with Crippen molar-refractivity contribution in [2.45, 2.75) is 58.5 Å². The molecular formula is C20H30N2O5. The monoisotopic (exact) mass is 378 g/mol. The Kier molecular flexibility index (Phi) is 6.36. The molecule has 7 heteroatoms. The summed E-state index contributed by atoms with van der Waals surface area (Å²) in [5.74, 6) is -0.339. The van der Waals surface area contributed by atoms with Crippen LogP contribution in [0.1, 0.15) is 40.2 Å². The van der Waals surface area contributed by atoms with Crippen LogP contribution in [0.5, 0.6) is 0 Å². The molecule has 2 N–H and O–H groups in total. The van der Waals surface area contributed by atoms with Crippen molar-refractivity contribution in [3.63, 3.8) is 0 Å². The Balaban J connectivity index is 1.99. The van der Waals surface area contributed by atoms with Crippen LogP contribution in [-0.2, 0) is 16.1 Å². The molecule has 0 aromatic heterocycles. The molecule has 1 saturated heterocycles. The first-order valence-corrected chi connectivity index (χ1v) is 9.13. The topological polar surface area (TPSA) is 88.1 Å². The summed E-state index contributed by atoms with van der Waals surface area (Å²) >= 11 is 0. The summed E-state index contributed by atoms with van der Waals surface area (Å²) in [5, 5.41) is 13.2. The molecule has 7 nitrogen and oxygen atoms in total. The number of benzene rings is 1. The van der Waals surface area contributed by atoms with E-state index in [1.165, 1.54) is 4.90 Å². The number of carbonyl (C=O) groups excluding carboxylic acids is 2. The summed E-state index contributed by atoms with van der Waals surface area (Å²) in [4.78, 5) is 26.1. The van der Waals surface area contributed by atoms with E-state index in [9.17, 15) is 14.7 Å². The fourth-order valence-electron chi connectivity index (χ4n) is 3.08. The van der Waals surface area contributed by atoms with Crippen LogP contribution in [0, 0.1) is 5.92 Å². The summed E-state index contributed by atoms with van der Waals surface area (Å²) in [6.45, 7) is 9.39. The summed E-state index contributed by atoms with van der Waals surface area (Å²) < 4.78 is 10.7. The summed E-state index contributed by atoms with van der Waals surface area (Å²) in [6.07, 6.45) is -1.04. The molecule has 1 unspecified atom stereocenters. The fraction of sp³-hybridized carbons (Fsp3) is 0.600. The van der Waals surface area contributed by atoms with Crippen LogP contribution in [-0.4, -0.2) is 52.5 Å². The van der Waals surface area contributed by atoms with Crippen LogP contribution in [0.15, 0.2) is 30.3 Å². The molecule has 1 aromatic rings. The Hall–Kier alpha value is -2.28. The minimum absolute atomic E-state index is 0.174. The van der Waals surface area contributed by atoms with Gasteiger partial charge in [0, 0.05) is 19.0 Å². The van der Waals surface area contributed by atoms with Crippen LogP contribution in [0.2, 0.25) is 0 Å². The van der Waals surface area contributed by atoms with Gasteiger partial charge in [-0.25, -0.2) is 9.59 Å². The van der Waals surface area contributed by atoms with Crippen molar-refractivity contribution in [2.75, 3.05) is 13.1 Å². The quantitative estimate of drug-likeness (QED) is 0.841. The summed E-state index contributed by atoms with van der Waals surface area (Å²) in [7, 11) is 0. The van der Waals surface area contributed by atoms with Gasteiger partial charge in [-0.05, 0) is 40.2 Å². The number of likely N-dealkylation sites (tertiary alicyclic amines) is 1. The van der Waals surface area contributed by atoms with Crippen molar-refractivity contribution >= 4 is 12.2 Å². The lowest BCUT2D eigenvalue weighted by molar-refractivity contribution is 0.00752. The molecule has 0 radical (unpaired) electrons. The first-order chi connectivity index (χ1) is 12.5. The van der Waals surface area contributed by atoms with E-state index in [0.29, 0.717) is 0 Å². The van der Waals surface area contributed by atoms with Crippen molar-refractivity contribution in [1.29, 1.82) is 0 Å². The van der Waals surface area contributed by atoms with Crippen LogP contribution < -0.4 is 5.32 Å². The number of amides is 2. The van der Waals surface area contributed by atoms with Gasteiger partial charge in [0.15, 0.2) is 0 Å². The van der Waals surface area contributed by atoms with E-state index >= 15 is 0 Å². The number of rotatable bonds is 4. The number of aliphatic hydroxyl groups is 1. The average Bonchev–Trinajstić information content (AvgIpc) is 2.95. The van der Waals surface area contributed by atoms with Gasteiger partial charge in [0.1, 0.15) is 12.2 Å². The predicted octanol–water partition coefficient (Wildman–Crippen LogP) is 2.92. The van der Waals surface area contributed by atoms with Gasteiger partial charge in [0.05, 0.1) is 11.6 Å². The Bertz CT molecular complexity index is 649. The lowest BCUT2D eigenvalue weighted by Gasteiger charge is -2.30. The van der Waals surface area contributed by atoms with E-state index in [2.05, 4.69) is 5.32 Å². The number of carbonyl (C=O) groups is 2. The van der Waals surface area contributed by atoms with Gasteiger partial charge in [-0.1, -0.05) is 30.3 Å². The molecule has 0 spiro atoms. The third-order valence-corrected chi connectivity index (χ3v) is 4.39. The van der Waals surface area contributed by atoms with Crippen LogP contribution in [0.3, 0.4) is 0 Å². The van der Waals surface area contributed by atoms with Crippen LogP contribution >= 0.6 is 0 Å².